The van der Waals surface area contributed by atoms with Gasteiger partial charge < -0.3 is 4.74 Å². The number of ether oxygens (including phenoxy) is 1. The fourth-order valence-electron chi connectivity index (χ4n) is 2.82. The topological polar surface area (TPSA) is 151 Å². The molecule has 1 amide bonds. The molecule has 0 unspecified atom stereocenters. The van der Waals surface area contributed by atoms with Crippen molar-refractivity contribution in [1.82, 2.24) is 19.5 Å². The van der Waals surface area contributed by atoms with Crippen LogP contribution in [0.25, 0.3) is 21.6 Å². The molecule has 2 aromatic heterocycles. The third-order valence-corrected chi connectivity index (χ3v) is 4.47. The lowest BCUT2D eigenvalue weighted by Gasteiger charge is -2.15. The summed E-state index contributed by atoms with van der Waals surface area (Å²) in [5.74, 6) is -1.22. The molecule has 2 aromatic rings. The van der Waals surface area contributed by atoms with Crippen molar-refractivity contribution in [3.8, 4) is 0 Å². The van der Waals surface area contributed by atoms with Crippen LogP contribution < -0.4 is 10.9 Å². The number of anilines is 1. The molecule has 0 aliphatic carbocycles. The Hall–Kier alpha value is -2.98. The number of alkyl halides is 1. The molecule has 1 saturated heterocycles. The number of nitrogens with one attached hydrogen (secondary N) is 2. The van der Waals surface area contributed by atoms with Crippen LogP contribution in [0.4, 0.5) is 10.3 Å². The predicted octanol–water partition coefficient (Wildman–Crippen LogP) is 1.90. The lowest BCUT2D eigenvalue weighted by molar-refractivity contribution is -0.118. The molecule has 1 aliphatic rings. The summed E-state index contributed by atoms with van der Waals surface area (Å²) >= 11 is 0. The Morgan fingerprint density at radius 3 is 3.00 bits per heavy atom. The van der Waals surface area contributed by atoms with E-state index >= 15 is 0 Å². The maximum absolute atomic E-state index is 14.8. The van der Waals surface area contributed by atoms with Gasteiger partial charge in [0.2, 0.25) is 11.9 Å². The second-order valence-electron chi connectivity index (χ2n) is 6.66. The van der Waals surface area contributed by atoms with Crippen LogP contribution in [0.5, 0.6) is 0 Å². The zero-order valence-electron chi connectivity index (χ0n) is 15.0. The monoisotopic (exact) mass is 378 g/mol. The molecule has 11 nitrogen and oxygen atoms in total. The lowest BCUT2D eigenvalue weighted by atomic mass is 10.0. The second kappa shape index (κ2) is 7.33. The van der Waals surface area contributed by atoms with E-state index < -0.39 is 30.0 Å². The third-order valence-electron chi connectivity index (χ3n) is 4.47. The van der Waals surface area contributed by atoms with Gasteiger partial charge >= 0.3 is 0 Å². The number of azide groups is 1. The molecule has 1 aliphatic heterocycles. The van der Waals surface area contributed by atoms with E-state index in [0.717, 1.165) is 0 Å². The summed E-state index contributed by atoms with van der Waals surface area (Å²) in [6, 6.07) is 0. The summed E-state index contributed by atoms with van der Waals surface area (Å²) in [4.78, 5) is 37.3. The van der Waals surface area contributed by atoms with Crippen LogP contribution in [0, 0.1) is 11.8 Å². The van der Waals surface area contributed by atoms with E-state index in [9.17, 15) is 14.0 Å². The zero-order valence-corrected chi connectivity index (χ0v) is 15.0. The van der Waals surface area contributed by atoms with Gasteiger partial charge in [0.25, 0.3) is 5.56 Å². The van der Waals surface area contributed by atoms with Gasteiger partial charge in [-0.3, -0.25) is 24.5 Å². The number of carbonyl (C=O) groups is 1. The number of hydrogen-bond donors (Lipinski definition) is 2. The van der Waals surface area contributed by atoms with Gasteiger partial charge in [-0.25, -0.2) is 9.37 Å². The molecular formula is C15H19FN8O3. The Labute approximate surface area is 152 Å². The van der Waals surface area contributed by atoms with Gasteiger partial charge in [0.1, 0.15) is 0 Å². The number of carbonyl (C=O) groups excluding carboxylic acids is 1. The molecule has 1 fully saturated rings. The minimum atomic E-state index is -1.42. The van der Waals surface area contributed by atoms with E-state index in [-0.39, 0.29) is 35.5 Å². The van der Waals surface area contributed by atoms with Gasteiger partial charge in [-0.05, 0) is 5.53 Å². The van der Waals surface area contributed by atoms with E-state index in [4.69, 9.17) is 10.3 Å². The number of rotatable bonds is 5. The molecule has 144 valence electrons. The Morgan fingerprint density at radius 1 is 1.59 bits per heavy atom. The fraction of sp³-hybridized carbons (Fsp3) is 0.600. The molecule has 3 rings (SSSR count). The first-order chi connectivity index (χ1) is 12.8. The first-order valence-electron chi connectivity index (χ1n) is 8.41. The van der Waals surface area contributed by atoms with Gasteiger partial charge in [-0.15, -0.1) is 0 Å². The van der Waals surface area contributed by atoms with Crippen molar-refractivity contribution in [2.45, 2.75) is 39.3 Å². The normalized spacial score (nSPS) is 24.9. The van der Waals surface area contributed by atoms with Crippen molar-refractivity contribution >= 4 is 23.0 Å². The summed E-state index contributed by atoms with van der Waals surface area (Å²) in [5, 5.41) is 5.94. The number of aromatic nitrogens is 4. The predicted molar refractivity (Wildman–Crippen MR) is 93.6 cm³/mol. The maximum atomic E-state index is 14.8. The van der Waals surface area contributed by atoms with Crippen molar-refractivity contribution in [2.75, 3.05) is 11.9 Å². The van der Waals surface area contributed by atoms with Crippen LogP contribution in [-0.2, 0) is 9.53 Å². The number of nitrogens with zero attached hydrogens (tertiary/aromatic N) is 6. The first-order valence-corrected chi connectivity index (χ1v) is 8.41. The van der Waals surface area contributed by atoms with Crippen LogP contribution >= 0.6 is 0 Å². The summed E-state index contributed by atoms with van der Waals surface area (Å²) < 4.78 is 21.8. The van der Waals surface area contributed by atoms with Gasteiger partial charge in [0, 0.05) is 16.7 Å². The van der Waals surface area contributed by atoms with Gasteiger partial charge in [0.05, 0.1) is 19.0 Å². The zero-order chi connectivity index (χ0) is 19.7. The van der Waals surface area contributed by atoms with Crippen LogP contribution in [0.15, 0.2) is 16.2 Å². The van der Waals surface area contributed by atoms with Crippen LogP contribution in [0.2, 0.25) is 0 Å². The highest BCUT2D eigenvalue weighted by molar-refractivity contribution is 5.91. The smallest absolute Gasteiger partial charge is 0.280 e. The Balaban J connectivity index is 1.97. The second-order valence-corrected chi connectivity index (χ2v) is 6.66. The van der Waals surface area contributed by atoms with Gasteiger partial charge in [-0.2, -0.15) is 4.98 Å². The molecular weight excluding hydrogens is 359 g/mol. The maximum Gasteiger partial charge on any atom is 0.280 e. The SMILES string of the molecule is CC(C)C(=O)Nc1nc2c(ncn2[C@@H]2O[C@H](CN=[N+]=[N-])[C@@H](C)[C@H]2F)c(=O)[nH]1. The Bertz CT molecular complexity index is 964. The number of imidazole rings is 1. The first kappa shape index (κ1) is 18.8. The Kier molecular flexibility index (Phi) is 5.10. The van der Waals surface area contributed by atoms with Crippen LogP contribution in [-0.4, -0.2) is 44.2 Å². The van der Waals surface area contributed by atoms with E-state index in [0.29, 0.717) is 0 Å². The molecule has 0 bridgehead atoms. The van der Waals surface area contributed by atoms with E-state index in [2.05, 4.69) is 30.3 Å². The molecule has 3 heterocycles. The third kappa shape index (κ3) is 3.49. The molecule has 0 aromatic carbocycles. The van der Waals surface area contributed by atoms with Gasteiger partial charge in [0.15, 0.2) is 23.6 Å². The summed E-state index contributed by atoms with van der Waals surface area (Å²) in [6.45, 7) is 5.03. The number of amides is 1. The van der Waals surface area contributed by atoms with Crippen LogP contribution in [0.1, 0.15) is 27.0 Å². The molecule has 0 radical (unpaired) electrons. The van der Waals surface area contributed by atoms with Crippen molar-refractivity contribution in [1.29, 1.82) is 0 Å². The quantitative estimate of drug-likeness (QED) is 0.462. The van der Waals surface area contributed by atoms with E-state index in [1.54, 1.807) is 20.8 Å². The number of hydrogen-bond acceptors (Lipinski definition) is 6. The largest absolute Gasteiger partial charge is 0.351 e. The molecule has 4 atom stereocenters. The molecule has 12 heteroatoms. The highest BCUT2D eigenvalue weighted by Crippen LogP contribution is 2.37. The van der Waals surface area contributed by atoms with E-state index in [1.165, 1.54) is 10.9 Å². The molecule has 0 saturated carbocycles. The summed E-state index contributed by atoms with van der Waals surface area (Å²) in [6.07, 6.45) is -1.84. The Morgan fingerprint density at radius 2 is 2.33 bits per heavy atom. The highest BCUT2D eigenvalue weighted by Gasteiger charge is 2.43. The van der Waals surface area contributed by atoms with Crippen molar-refractivity contribution in [2.24, 2.45) is 17.0 Å². The molecule has 2 N–H and O–H groups in total. The minimum Gasteiger partial charge on any atom is -0.351 e. The van der Waals surface area contributed by atoms with Gasteiger partial charge in [-0.1, -0.05) is 25.9 Å². The molecule has 0 spiro atoms. The number of aromatic amines is 1. The van der Waals surface area contributed by atoms with Crippen molar-refractivity contribution in [3.63, 3.8) is 0 Å². The lowest BCUT2D eigenvalue weighted by Crippen LogP contribution is -2.23. The number of fused-ring (bicyclic) bond motifs is 1. The van der Waals surface area contributed by atoms with Crippen LogP contribution in [0.3, 0.4) is 0 Å². The minimum absolute atomic E-state index is 0.000468. The number of halogens is 1. The standard InChI is InChI=1S/C15H19FN8O3/c1-6(2)12(25)21-15-20-11-10(13(26)22-15)18-5-24(11)14-9(16)7(3)8(27-14)4-19-23-17/h5-9,14H,4H2,1-3H3,(H2,20,21,22,25,26)/t7-,8-,9-,14-/m1/s1. The summed E-state index contributed by atoms with van der Waals surface area (Å²) in [5.41, 5.74) is 7.97. The fourth-order valence-corrected chi connectivity index (χ4v) is 2.82. The average molecular weight is 378 g/mol. The van der Waals surface area contributed by atoms with E-state index in [1.807, 2.05) is 0 Å². The average Bonchev–Trinajstić information content (AvgIpc) is 3.16. The summed E-state index contributed by atoms with van der Waals surface area (Å²) in [7, 11) is 0. The molecule has 27 heavy (non-hydrogen) atoms. The highest BCUT2D eigenvalue weighted by atomic mass is 19.1. The number of H-pyrrole nitrogens is 1. The van der Waals surface area contributed by atoms with Crippen molar-refractivity contribution < 1.29 is 13.9 Å². The van der Waals surface area contributed by atoms with Crippen molar-refractivity contribution in [3.05, 3.63) is 27.1 Å².